The van der Waals surface area contributed by atoms with Crippen LogP contribution in [0.2, 0.25) is 0 Å². The fourth-order valence-electron chi connectivity index (χ4n) is 2.88. The van der Waals surface area contributed by atoms with Gasteiger partial charge in [0.1, 0.15) is 11.9 Å². The molecule has 5 nitrogen and oxygen atoms in total. The molecule has 1 aromatic heterocycles. The first-order valence-electron chi connectivity index (χ1n) is 9.15. The van der Waals surface area contributed by atoms with Crippen molar-refractivity contribution < 1.29 is 18.3 Å². The number of benzene rings is 2. The molecule has 0 aliphatic rings. The molecule has 0 radical (unpaired) electrons. The summed E-state index contributed by atoms with van der Waals surface area (Å²) in [6, 6.07) is 11.6. The van der Waals surface area contributed by atoms with Crippen molar-refractivity contribution in [2.24, 2.45) is 5.73 Å². The number of alkyl halides is 1. The molecular formula is C22H18ClF2N3O2S. The van der Waals surface area contributed by atoms with Gasteiger partial charge in [-0.1, -0.05) is 6.07 Å². The lowest BCUT2D eigenvalue weighted by Gasteiger charge is -2.08. The minimum absolute atomic E-state index is 0.0827. The second-order valence-electron chi connectivity index (χ2n) is 6.63. The van der Waals surface area contributed by atoms with E-state index in [0.29, 0.717) is 26.4 Å². The van der Waals surface area contributed by atoms with Crippen molar-refractivity contribution in [2.75, 3.05) is 19.5 Å². The molecule has 1 unspecified atom stereocenters. The fourth-order valence-corrected chi connectivity index (χ4v) is 4.08. The number of hydrogen-bond donors (Lipinski definition) is 2. The van der Waals surface area contributed by atoms with Crippen molar-refractivity contribution in [3.63, 3.8) is 0 Å². The Balaban J connectivity index is 2.08. The first-order chi connectivity index (χ1) is 14.9. The van der Waals surface area contributed by atoms with Gasteiger partial charge in [-0.15, -0.1) is 22.9 Å². The third-order valence-electron chi connectivity index (χ3n) is 4.49. The molecule has 0 fully saturated rings. The van der Waals surface area contributed by atoms with Crippen molar-refractivity contribution in [1.29, 1.82) is 5.26 Å². The van der Waals surface area contributed by atoms with Crippen LogP contribution < -0.4 is 15.8 Å². The number of nitrogens with zero attached hydrogens (tertiary/aromatic N) is 1. The molecule has 2 aromatic carbocycles. The van der Waals surface area contributed by atoms with Crippen LogP contribution in [0.25, 0.3) is 21.6 Å². The van der Waals surface area contributed by atoms with E-state index in [2.05, 4.69) is 5.32 Å². The second-order valence-corrected chi connectivity index (χ2v) is 7.99. The standard InChI is InChI=1S/C22H18ClF2N3O2S/c1-30-19-5-4-13(7-18(19)25)21-16(12-2-3-14(10-26)17(24)6-12)8-20(31-21)22(29)28-11-15(27)9-23/h2-8,15H,9,11,27H2,1H3,(H,28,29). The number of hydrogen-bond acceptors (Lipinski definition) is 5. The van der Waals surface area contributed by atoms with E-state index in [1.165, 1.54) is 31.4 Å². The van der Waals surface area contributed by atoms with E-state index >= 15 is 0 Å². The fraction of sp³-hybridized carbons (Fsp3) is 0.182. The van der Waals surface area contributed by atoms with Gasteiger partial charge < -0.3 is 15.8 Å². The molecule has 1 amide bonds. The number of nitriles is 1. The van der Waals surface area contributed by atoms with Crippen molar-refractivity contribution in [3.05, 3.63) is 64.5 Å². The van der Waals surface area contributed by atoms with Crippen LogP contribution in [0.1, 0.15) is 15.2 Å². The van der Waals surface area contributed by atoms with Gasteiger partial charge in [0.15, 0.2) is 11.6 Å². The lowest BCUT2D eigenvalue weighted by molar-refractivity contribution is 0.0956. The number of carbonyl (C=O) groups excluding carboxylic acids is 1. The van der Waals surface area contributed by atoms with Crippen molar-refractivity contribution in [3.8, 4) is 33.4 Å². The highest BCUT2D eigenvalue weighted by molar-refractivity contribution is 7.18. The highest BCUT2D eigenvalue weighted by Gasteiger charge is 2.20. The minimum Gasteiger partial charge on any atom is -0.494 e. The molecule has 0 saturated carbocycles. The zero-order valence-electron chi connectivity index (χ0n) is 16.4. The topological polar surface area (TPSA) is 88.1 Å². The summed E-state index contributed by atoms with van der Waals surface area (Å²) in [4.78, 5) is 13.5. The van der Waals surface area contributed by atoms with Gasteiger partial charge in [0.2, 0.25) is 0 Å². The van der Waals surface area contributed by atoms with E-state index in [9.17, 15) is 13.6 Å². The summed E-state index contributed by atoms with van der Waals surface area (Å²) in [7, 11) is 1.36. The highest BCUT2D eigenvalue weighted by Crippen LogP contribution is 2.41. The van der Waals surface area contributed by atoms with Crippen LogP contribution in [0, 0.1) is 23.0 Å². The largest absolute Gasteiger partial charge is 0.494 e. The Morgan fingerprint density at radius 1 is 1.23 bits per heavy atom. The molecule has 1 heterocycles. The Labute approximate surface area is 187 Å². The molecule has 3 aromatic rings. The van der Waals surface area contributed by atoms with Crippen LogP contribution in [-0.2, 0) is 0 Å². The van der Waals surface area contributed by atoms with Gasteiger partial charge in [0.05, 0.1) is 17.6 Å². The number of amides is 1. The Morgan fingerprint density at radius 2 is 1.94 bits per heavy atom. The number of halogens is 3. The van der Waals surface area contributed by atoms with E-state index in [1.54, 1.807) is 24.3 Å². The van der Waals surface area contributed by atoms with Gasteiger partial charge in [-0.3, -0.25) is 4.79 Å². The number of carbonyl (C=O) groups is 1. The number of ether oxygens (including phenoxy) is 1. The molecule has 1 atom stereocenters. The van der Waals surface area contributed by atoms with Gasteiger partial charge in [0, 0.05) is 28.9 Å². The number of thiophene rings is 1. The molecule has 0 spiro atoms. The van der Waals surface area contributed by atoms with Gasteiger partial charge >= 0.3 is 0 Å². The Hall–Kier alpha value is -2.99. The number of methoxy groups -OCH3 is 1. The molecular weight excluding hydrogens is 444 g/mol. The van der Waals surface area contributed by atoms with Crippen LogP contribution in [0.5, 0.6) is 5.75 Å². The number of rotatable bonds is 7. The lowest BCUT2D eigenvalue weighted by Crippen LogP contribution is -2.38. The normalized spacial score (nSPS) is 11.6. The van der Waals surface area contributed by atoms with Gasteiger partial charge in [-0.2, -0.15) is 5.26 Å². The Bertz CT molecular complexity index is 1160. The number of nitrogens with two attached hydrogens (primary N) is 1. The highest BCUT2D eigenvalue weighted by atomic mass is 35.5. The summed E-state index contributed by atoms with van der Waals surface area (Å²) >= 11 is 6.80. The molecule has 9 heteroatoms. The predicted molar refractivity (Wildman–Crippen MR) is 117 cm³/mol. The van der Waals surface area contributed by atoms with Crippen LogP contribution in [0.3, 0.4) is 0 Å². The quantitative estimate of drug-likeness (QED) is 0.506. The summed E-state index contributed by atoms with van der Waals surface area (Å²) in [5.41, 5.74) is 7.13. The van der Waals surface area contributed by atoms with Gasteiger partial charge in [-0.25, -0.2) is 8.78 Å². The zero-order valence-corrected chi connectivity index (χ0v) is 18.0. The number of nitrogens with one attached hydrogen (secondary N) is 1. The summed E-state index contributed by atoms with van der Waals surface area (Å²) in [5, 5.41) is 11.7. The summed E-state index contributed by atoms with van der Waals surface area (Å²) in [6.07, 6.45) is 0. The SMILES string of the molecule is COc1ccc(-c2sc(C(=O)NCC(N)CCl)cc2-c2ccc(C#N)c(F)c2)cc1F. The second kappa shape index (κ2) is 9.88. The first kappa shape index (κ1) is 22.7. The van der Waals surface area contributed by atoms with Gasteiger partial charge in [0.25, 0.3) is 5.91 Å². The third kappa shape index (κ3) is 5.02. The Kier molecular flexibility index (Phi) is 7.23. The van der Waals surface area contributed by atoms with Crippen molar-refractivity contribution in [1.82, 2.24) is 5.32 Å². The van der Waals surface area contributed by atoms with Crippen LogP contribution >= 0.6 is 22.9 Å². The first-order valence-corrected chi connectivity index (χ1v) is 10.5. The lowest BCUT2D eigenvalue weighted by atomic mass is 10.0. The van der Waals surface area contributed by atoms with Crippen LogP contribution in [-0.4, -0.2) is 31.5 Å². The van der Waals surface area contributed by atoms with Crippen LogP contribution in [0.4, 0.5) is 8.78 Å². The van der Waals surface area contributed by atoms with E-state index in [-0.39, 0.29) is 29.6 Å². The third-order valence-corrected chi connectivity index (χ3v) is 6.07. The molecule has 31 heavy (non-hydrogen) atoms. The Morgan fingerprint density at radius 3 is 2.55 bits per heavy atom. The zero-order chi connectivity index (χ0) is 22.5. The monoisotopic (exact) mass is 461 g/mol. The summed E-state index contributed by atoms with van der Waals surface area (Å²) in [5.74, 6) is -1.35. The maximum atomic E-state index is 14.3. The van der Waals surface area contributed by atoms with Crippen molar-refractivity contribution >= 4 is 28.8 Å². The van der Waals surface area contributed by atoms with E-state index in [1.807, 2.05) is 0 Å². The van der Waals surface area contributed by atoms with E-state index < -0.39 is 17.7 Å². The molecule has 0 saturated heterocycles. The predicted octanol–water partition coefficient (Wildman–Crippen LogP) is 4.54. The molecule has 0 aliphatic heterocycles. The average molecular weight is 462 g/mol. The maximum absolute atomic E-state index is 14.3. The van der Waals surface area contributed by atoms with E-state index in [4.69, 9.17) is 27.3 Å². The van der Waals surface area contributed by atoms with E-state index in [0.717, 1.165) is 11.3 Å². The van der Waals surface area contributed by atoms with Crippen LogP contribution in [0.15, 0.2) is 42.5 Å². The minimum atomic E-state index is -0.683. The molecule has 3 rings (SSSR count). The molecule has 160 valence electrons. The summed E-state index contributed by atoms with van der Waals surface area (Å²) in [6.45, 7) is 0.188. The smallest absolute Gasteiger partial charge is 0.261 e. The molecule has 0 bridgehead atoms. The summed E-state index contributed by atoms with van der Waals surface area (Å²) < 4.78 is 33.5. The van der Waals surface area contributed by atoms with Crippen molar-refractivity contribution in [2.45, 2.75) is 6.04 Å². The maximum Gasteiger partial charge on any atom is 0.261 e. The van der Waals surface area contributed by atoms with Gasteiger partial charge in [-0.05, 0) is 47.5 Å². The molecule has 3 N–H and O–H groups in total. The average Bonchev–Trinajstić information content (AvgIpc) is 3.22. The molecule has 0 aliphatic carbocycles.